The van der Waals surface area contributed by atoms with Crippen molar-refractivity contribution in [3.63, 3.8) is 0 Å². The van der Waals surface area contributed by atoms with Crippen molar-refractivity contribution in [3.05, 3.63) is 24.3 Å². The van der Waals surface area contributed by atoms with Crippen molar-refractivity contribution in [3.8, 4) is 0 Å². The third-order valence-corrected chi connectivity index (χ3v) is 1.32. The third-order valence-electron chi connectivity index (χ3n) is 1.32. The van der Waals surface area contributed by atoms with Crippen LogP contribution in [0.15, 0.2) is 18.5 Å². The van der Waals surface area contributed by atoms with E-state index in [1.807, 2.05) is 0 Å². The lowest BCUT2D eigenvalue weighted by molar-refractivity contribution is 0.0990. The van der Waals surface area contributed by atoms with Crippen LogP contribution >= 0.6 is 0 Å². The lowest BCUT2D eigenvalue weighted by atomic mass is 10.5. The van der Waals surface area contributed by atoms with Crippen LogP contribution in [0.3, 0.4) is 0 Å². The number of amides is 1. The highest BCUT2D eigenvalue weighted by molar-refractivity contribution is 5.88. The standard InChI is InChI=1S/C7H10N4O2/c8-6(13)7-9-5-11(10-7)3-1-2-4-12/h1-2,5,12H,3-4H2,(H2,8,13)/b2-1-. The first-order chi connectivity index (χ1) is 6.24. The van der Waals surface area contributed by atoms with Gasteiger partial charge in [-0.15, -0.1) is 5.10 Å². The molecular weight excluding hydrogens is 172 g/mol. The largest absolute Gasteiger partial charge is 0.392 e. The molecule has 0 aliphatic heterocycles. The predicted octanol–water partition coefficient (Wildman–Crippen LogP) is -1.07. The molecule has 0 atom stereocenters. The Hall–Kier alpha value is -1.69. The van der Waals surface area contributed by atoms with Crippen molar-refractivity contribution in [1.82, 2.24) is 14.8 Å². The van der Waals surface area contributed by atoms with Gasteiger partial charge < -0.3 is 10.8 Å². The first kappa shape index (κ1) is 9.40. The minimum absolute atomic E-state index is 0.00241. The Morgan fingerprint density at radius 1 is 1.69 bits per heavy atom. The lowest BCUT2D eigenvalue weighted by Gasteiger charge is -1.91. The normalized spacial score (nSPS) is 10.8. The van der Waals surface area contributed by atoms with Crippen LogP contribution < -0.4 is 5.73 Å². The fourth-order valence-electron chi connectivity index (χ4n) is 0.753. The second kappa shape index (κ2) is 4.36. The number of hydrogen-bond acceptors (Lipinski definition) is 4. The van der Waals surface area contributed by atoms with E-state index in [0.717, 1.165) is 0 Å². The van der Waals surface area contributed by atoms with Gasteiger partial charge in [0.15, 0.2) is 0 Å². The van der Waals surface area contributed by atoms with Gasteiger partial charge >= 0.3 is 0 Å². The molecule has 1 aromatic heterocycles. The average Bonchev–Trinajstić information content (AvgIpc) is 2.53. The zero-order valence-electron chi connectivity index (χ0n) is 6.92. The fourth-order valence-corrected chi connectivity index (χ4v) is 0.753. The molecule has 0 bridgehead atoms. The number of aliphatic hydroxyl groups excluding tert-OH is 1. The van der Waals surface area contributed by atoms with Crippen LogP contribution in [0.2, 0.25) is 0 Å². The Morgan fingerprint density at radius 3 is 3.00 bits per heavy atom. The van der Waals surface area contributed by atoms with Crippen LogP contribution in [-0.2, 0) is 6.54 Å². The molecule has 70 valence electrons. The first-order valence-corrected chi connectivity index (χ1v) is 3.69. The van der Waals surface area contributed by atoms with Gasteiger partial charge in [-0.2, -0.15) is 0 Å². The minimum Gasteiger partial charge on any atom is -0.392 e. The Kier molecular flexibility index (Phi) is 3.15. The number of nitrogens with zero attached hydrogens (tertiary/aromatic N) is 3. The smallest absolute Gasteiger partial charge is 0.288 e. The fraction of sp³-hybridized carbons (Fsp3) is 0.286. The molecule has 1 rings (SSSR count). The molecule has 3 N–H and O–H groups in total. The van der Waals surface area contributed by atoms with Crippen LogP contribution in [0.5, 0.6) is 0 Å². The molecule has 0 unspecified atom stereocenters. The maximum atomic E-state index is 10.6. The quantitative estimate of drug-likeness (QED) is 0.579. The highest BCUT2D eigenvalue weighted by Gasteiger charge is 2.04. The molecule has 0 aliphatic rings. The second-order valence-electron chi connectivity index (χ2n) is 2.31. The maximum Gasteiger partial charge on any atom is 0.288 e. The molecule has 0 aromatic carbocycles. The molecule has 0 fully saturated rings. The summed E-state index contributed by atoms with van der Waals surface area (Å²) in [6.07, 6.45) is 4.69. The van der Waals surface area contributed by atoms with E-state index in [1.54, 1.807) is 12.2 Å². The van der Waals surface area contributed by atoms with Gasteiger partial charge in [-0.05, 0) is 0 Å². The Morgan fingerprint density at radius 2 is 2.46 bits per heavy atom. The van der Waals surface area contributed by atoms with Crippen molar-refractivity contribution < 1.29 is 9.90 Å². The molecule has 1 amide bonds. The van der Waals surface area contributed by atoms with Crippen LogP contribution in [0.4, 0.5) is 0 Å². The second-order valence-corrected chi connectivity index (χ2v) is 2.31. The zero-order chi connectivity index (χ0) is 9.68. The van der Waals surface area contributed by atoms with Gasteiger partial charge in [0, 0.05) is 0 Å². The number of hydrogen-bond donors (Lipinski definition) is 2. The molecular formula is C7H10N4O2. The topological polar surface area (TPSA) is 94.0 Å². The molecule has 6 heteroatoms. The van der Waals surface area contributed by atoms with Crippen LogP contribution in [-0.4, -0.2) is 32.4 Å². The van der Waals surface area contributed by atoms with E-state index >= 15 is 0 Å². The number of aliphatic hydroxyl groups is 1. The van der Waals surface area contributed by atoms with Crippen molar-refractivity contribution in [2.45, 2.75) is 6.54 Å². The van der Waals surface area contributed by atoms with Gasteiger partial charge in [0.2, 0.25) is 5.82 Å². The molecule has 1 aromatic rings. The molecule has 6 nitrogen and oxygen atoms in total. The van der Waals surface area contributed by atoms with E-state index < -0.39 is 5.91 Å². The molecule has 1 heterocycles. The van der Waals surface area contributed by atoms with Crippen LogP contribution in [0.1, 0.15) is 10.6 Å². The molecule has 13 heavy (non-hydrogen) atoms. The van der Waals surface area contributed by atoms with Crippen molar-refractivity contribution in [2.75, 3.05) is 6.61 Å². The van der Waals surface area contributed by atoms with E-state index in [-0.39, 0.29) is 12.4 Å². The lowest BCUT2D eigenvalue weighted by Crippen LogP contribution is -2.13. The van der Waals surface area contributed by atoms with E-state index in [1.165, 1.54) is 11.0 Å². The number of carbonyl (C=O) groups is 1. The molecule has 0 radical (unpaired) electrons. The Labute approximate surface area is 74.7 Å². The summed E-state index contributed by atoms with van der Waals surface area (Å²) in [5.41, 5.74) is 4.95. The summed E-state index contributed by atoms with van der Waals surface area (Å²) in [5, 5.41) is 12.2. The van der Waals surface area contributed by atoms with Crippen LogP contribution in [0, 0.1) is 0 Å². The summed E-state index contributed by atoms with van der Waals surface area (Å²) in [5.74, 6) is -0.651. The first-order valence-electron chi connectivity index (χ1n) is 3.69. The van der Waals surface area contributed by atoms with Gasteiger partial charge in [0.05, 0.1) is 13.2 Å². The number of allylic oxidation sites excluding steroid dienone is 1. The number of rotatable bonds is 4. The number of nitrogens with two attached hydrogens (primary N) is 1. The summed E-state index contributed by atoms with van der Waals surface area (Å²) >= 11 is 0. The van der Waals surface area contributed by atoms with E-state index in [0.29, 0.717) is 6.54 Å². The van der Waals surface area contributed by atoms with Crippen molar-refractivity contribution in [1.29, 1.82) is 0 Å². The summed E-state index contributed by atoms with van der Waals surface area (Å²) < 4.78 is 1.45. The number of aromatic nitrogens is 3. The Balaban J connectivity index is 2.59. The van der Waals surface area contributed by atoms with E-state index in [4.69, 9.17) is 10.8 Å². The molecule has 0 saturated heterocycles. The molecule has 0 aliphatic carbocycles. The summed E-state index contributed by atoms with van der Waals surface area (Å²) in [6.45, 7) is 0.443. The predicted molar refractivity (Wildman–Crippen MR) is 44.8 cm³/mol. The number of primary amides is 1. The molecule has 0 spiro atoms. The third kappa shape index (κ3) is 2.68. The maximum absolute atomic E-state index is 10.6. The summed E-state index contributed by atoms with van der Waals surface area (Å²) in [7, 11) is 0. The van der Waals surface area contributed by atoms with Gasteiger partial charge in [-0.25, -0.2) is 9.67 Å². The highest BCUT2D eigenvalue weighted by Crippen LogP contribution is 1.88. The summed E-state index contributed by atoms with van der Waals surface area (Å²) in [4.78, 5) is 14.2. The molecule has 0 saturated carbocycles. The summed E-state index contributed by atoms with van der Waals surface area (Å²) in [6, 6.07) is 0. The van der Waals surface area contributed by atoms with Crippen molar-refractivity contribution in [2.24, 2.45) is 5.73 Å². The van der Waals surface area contributed by atoms with Gasteiger partial charge in [-0.1, -0.05) is 12.2 Å². The van der Waals surface area contributed by atoms with E-state index in [9.17, 15) is 4.79 Å². The van der Waals surface area contributed by atoms with Gasteiger partial charge in [-0.3, -0.25) is 4.79 Å². The van der Waals surface area contributed by atoms with Gasteiger partial charge in [0.25, 0.3) is 5.91 Å². The SMILES string of the molecule is NC(=O)c1ncn(C/C=C\CO)n1. The van der Waals surface area contributed by atoms with Crippen LogP contribution in [0.25, 0.3) is 0 Å². The Bertz CT molecular complexity index is 318. The van der Waals surface area contributed by atoms with Gasteiger partial charge in [0.1, 0.15) is 6.33 Å². The number of carbonyl (C=O) groups excluding carboxylic acids is 1. The van der Waals surface area contributed by atoms with Crippen molar-refractivity contribution >= 4 is 5.91 Å². The average molecular weight is 182 g/mol. The minimum atomic E-state index is -0.648. The monoisotopic (exact) mass is 182 g/mol. The van der Waals surface area contributed by atoms with E-state index in [2.05, 4.69) is 10.1 Å². The zero-order valence-corrected chi connectivity index (χ0v) is 6.92. The highest BCUT2D eigenvalue weighted by atomic mass is 16.2.